The van der Waals surface area contributed by atoms with Crippen molar-refractivity contribution >= 4 is 28.1 Å². The number of hydrogen-bond donors (Lipinski definition) is 0. The lowest BCUT2D eigenvalue weighted by atomic mass is 10.0. The standard InChI is InChI=1S/C19H15FO3S2/c1-23-19(21)17-11-16(12-5-9-15(10-6-12)25(2)22)18(24-17)13-3-7-14(20)8-4-13/h3-11H,1-2H3. The molecule has 1 unspecified atom stereocenters. The van der Waals surface area contributed by atoms with Crippen molar-refractivity contribution in [1.29, 1.82) is 0 Å². The fourth-order valence-electron chi connectivity index (χ4n) is 2.45. The molecule has 0 amide bonds. The van der Waals surface area contributed by atoms with E-state index in [2.05, 4.69) is 0 Å². The SMILES string of the molecule is COC(=O)c1cc(-c2ccc(S(C)=O)cc2)c(-c2ccc(F)cc2)s1. The van der Waals surface area contributed by atoms with Crippen LogP contribution in [0.5, 0.6) is 0 Å². The highest BCUT2D eigenvalue weighted by Gasteiger charge is 2.18. The fraction of sp³-hybridized carbons (Fsp3) is 0.105. The van der Waals surface area contributed by atoms with Gasteiger partial charge in [0.1, 0.15) is 10.7 Å². The highest BCUT2D eigenvalue weighted by atomic mass is 32.2. The average Bonchev–Trinajstić information content (AvgIpc) is 3.07. The maximum atomic E-state index is 13.2. The molecule has 1 heterocycles. The predicted octanol–water partition coefficient (Wildman–Crippen LogP) is 4.75. The van der Waals surface area contributed by atoms with E-state index < -0.39 is 16.8 Å². The van der Waals surface area contributed by atoms with Gasteiger partial charge in [-0.25, -0.2) is 9.18 Å². The van der Waals surface area contributed by atoms with Crippen molar-refractivity contribution in [3.8, 4) is 21.6 Å². The van der Waals surface area contributed by atoms with Gasteiger partial charge in [-0.05, 0) is 41.5 Å². The molecule has 0 saturated heterocycles. The van der Waals surface area contributed by atoms with E-state index in [1.54, 1.807) is 36.6 Å². The molecule has 0 aliphatic heterocycles. The molecule has 3 aromatic rings. The molecule has 1 aromatic heterocycles. The second-order valence-corrected chi connectivity index (χ2v) is 7.76. The first kappa shape index (κ1) is 17.5. The zero-order valence-corrected chi connectivity index (χ0v) is 15.2. The molecule has 6 heteroatoms. The fourth-order valence-corrected chi connectivity index (χ4v) is 4.07. The van der Waals surface area contributed by atoms with Gasteiger partial charge in [0.25, 0.3) is 0 Å². The van der Waals surface area contributed by atoms with Crippen LogP contribution < -0.4 is 0 Å². The van der Waals surface area contributed by atoms with Crippen LogP contribution in [0.3, 0.4) is 0 Å². The summed E-state index contributed by atoms with van der Waals surface area (Å²) in [5, 5.41) is 0. The van der Waals surface area contributed by atoms with Crippen LogP contribution in [0, 0.1) is 5.82 Å². The molecule has 0 radical (unpaired) electrons. The number of ether oxygens (including phenoxy) is 1. The quantitative estimate of drug-likeness (QED) is 0.619. The van der Waals surface area contributed by atoms with E-state index in [0.29, 0.717) is 4.88 Å². The summed E-state index contributed by atoms with van der Waals surface area (Å²) >= 11 is 1.30. The van der Waals surface area contributed by atoms with Crippen molar-refractivity contribution in [2.75, 3.05) is 13.4 Å². The summed E-state index contributed by atoms with van der Waals surface area (Å²) in [6.07, 6.45) is 1.62. The second kappa shape index (κ2) is 7.29. The zero-order valence-electron chi connectivity index (χ0n) is 13.6. The summed E-state index contributed by atoms with van der Waals surface area (Å²) < 4.78 is 29.6. The van der Waals surface area contributed by atoms with Gasteiger partial charge in [0.2, 0.25) is 0 Å². The lowest BCUT2D eigenvalue weighted by Gasteiger charge is -2.05. The number of esters is 1. The number of benzene rings is 2. The second-order valence-electron chi connectivity index (χ2n) is 5.33. The molecular weight excluding hydrogens is 359 g/mol. The summed E-state index contributed by atoms with van der Waals surface area (Å²) in [5.74, 6) is -0.726. The Morgan fingerprint density at radius 1 is 1.04 bits per heavy atom. The molecule has 0 aliphatic carbocycles. The van der Waals surface area contributed by atoms with Gasteiger partial charge in [0.05, 0.1) is 7.11 Å². The van der Waals surface area contributed by atoms with Crippen LogP contribution in [0.15, 0.2) is 59.5 Å². The molecule has 2 aromatic carbocycles. The van der Waals surface area contributed by atoms with E-state index >= 15 is 0 Å². The largest absolute Gasteiger partial charge is 0.465 e. The molecule has 1 atom stereocenters. The van der Waals surface area contributed by atoms with E-state index in [4.69, 9.17) is 4.74 Å². The average molecular weight is 374 g/mol. The highest BCUT2D eigenvalue weighted by molar-refractivity contribution is 7.84. The highest BCUT2D eigenvalue weighted by Crippen LogP contribution is 2.39. The van der Waals surface area contributed by atoms with Crippen LogP contribution in [0.2, 0.25) is 0 Å². The number of rotatable bonds is 4. The number of halogens is 1. The molecule has 0 N–H and O–H groups in total. The summed E-state index contributed by atoms with van der Waals surface area (Å²) in [7, 11) is 0.284. The summed E-state index contributed by atoms with van der Waals surface area (Å²) in [6, 6.07) is 15.2. The van der Waals surface area contributed by atoms with Crippen LogP contribution in [0.1, 0.15) is 9.67 Å². The van der Waals surface area contributed by atoms with Gasteiger partial charge in [-0.15, -0.1) is 11.3 Å². The molecule has 0 aliphatic rings. The van der Waals surface area contributed by atoms with Gasteiger partial charge in [-0.2, -0.15) is 0 Å². The van der Waals surface area contributed by atoms with Crippen molar-refractivity contribution in [3.63, 3.8) is 0 Å². The molecule has 25 heavy (non-hydrogen) atoms. The van der Waals surface area contributed by atoms with Gasteiger partial charge in [-0.3, -0.25) is 4.21 Å². The Morgan fingerprint density at radius 3 is 2.20 bits per heavy atom. The molecule has 0 spiro atoms. The van der Waals surface area contributed by atoms with Gasteiger partial charge in [0.15, 0.2) is 0 Å². The Kier molecular flexibility index (Phi) is 5.11. The Hall–Kier alpha value is -2.31. The first-order chi connectivity index (χ1) is 12.0. The number of thiophene rings is 1. The number of methoxy groups -OCH3 is 1. The van der Waals surface area contributed by atoms with E-state index in [-0.39, 0.29) is 5.82 Å². The van der Waals surface area contributed by atoms with Crippen LogP contribution >= 0.6 is 11.3 Å². The normalized spacial score (nSPS) is 12.0. The van der Waals surface area contributed by atoms with Gasteiger partial charge in [-0.1, -0.05) is 24.3 Å². The molecule has 0 fully saturated rings. The van der Waals surface area contributed by atoms with Crippen molar-refractivity contribution < 1.29 is 18.1 Å². The van der Waals surface area contributed by atoms with Gasteiger partial charge >= 0.3 is 5.97 Å². The zero-order chi connectivity index (χ0) is 18.0. The number of carbonyl (C=O) groups is 1. The van der Waals surface area contributed by atoms with Crippen molar-refractivity contribution in [1.82, 2.24) is 0 Å². The third-order valence-corrected chi connectivity index (χ3v) is 5.82. The molecule has 0 bridgehead atoms. The lowest BCUT2D eigenvalue weighted by Crippen LogP contribution is -1.96. The van der Waals surface area contributed by atoms with Gasteiger partial charge in [0, 0.05) is 32.4 Å². The Bertz CT molecular complexity index is 928. The van der Waals surface area contributed by atoms with Crippen LogP contribution in [0.4, 0.5) is 4.39 Å². The van der Waals surface area contributed by atoms with Crippen molar-refractivity contribution in [2.45, 2.75) is 4.90 Å². The third-order valence-electron chi connectivity index (χ3n) is 3.72. The topological polar surface area (TPSA) is 43.4 Å². The van der Waals surface area contributed by atoms with E-state index in [1.165, 1.54) is 30.6 Å². The molecule has 3 rings (SSSR count). The maximum absolute atomic E-state index is 13.2. The Balaban J connectivity index is 2.13. The van der Waals surface area contributed by atoms with Crippen molar-refractivity contribution in [3.05, 3.63) is 65.3 Å². The third kappa shape index (κ3) is 3.70. The first-order valence-corrected chi connectivity index (χ1v) is 9.79. The monoisotopic (exact) mass is 374 g/mol. The smallest absolute Gasteiger partial charge is 0.348 e. The van der Waals surface area contributed by atoms with E-state index in [9.17, 15) is 13.4 Å². The first-order valence-electron chi connectivity index (χ1n) is 7.41. The minimum Gasteiger partial charge on any atom is -0.465 e. The molecule has 3 nitrogen and oxygen atoms in total. The Morgan fingerprint density at radius 2 is 1.64 bits per heavy atom. The predicted molar refractivity (Wildman–Crippen MR) is 98.8 cm³/mol. The molecule has 128 valence electrons. The van der Waals surface area contributed by atoms with Crippen LogP contribution in [0.25, 0.3) is 21.6 Å². The number of hydrogen-bond acceptors (Lipinski definition) is 4. The summed E-state index contributed by atoms with van der Waals surface area (Å²) in [6.45, 7) is 0. The number of carbonyl (C=O) groups excluding carboxylic acids is 1. The molecular formula is C19H15FO3S2. The maximum Gasteiger partial charge on any atom is 0.348 e. The van der Waals surface area contributed by atoms with E-state index in [1.807, 2.05) is 12.1 Å². The van der Waals surface area contributed by atoms with Gasteiger partial charge < -0.3 is 4.74 Å². The van der Waals surface area contributed by atoms with E-state index in [0.717, 1.165) is 26.5 Å². The summed E-state index contributed by atoms with van der Waals surface area (Å²) in [4.78, 5) is 14.0. The lowest BCUT2D eigenvalue weighted by molar-refractivity contribution is 0.0606. The summed E-state index contributed by atoms with van der Waals surface area (Å²) in [5.41, 5.74) is 2.56. The molecule has 0 saturated carbocycles. The van der Waals surface area contributed by atoms with Crippen molar-refractivity contribution in [2.24, 2.45) is 0 Å². The van der Waals surface area contributed by atoms with Crippen LogP contribution in [-0.4, -0.2) is 23.5 Å². The van der Waals surface area contributed by atoms with Crippen LogP contribution in [-0.2, 0) is 15.5 Å². The minimum atomic E-state index is -1.05. The minimum absolute atomic E-state index is 0.315. The Labute approximate surface area is 151 Å².